The van der Waals surface area contributed by atoms with Crippen molar-refractivity contribution in [3.63, 3.8) is 0 Å². The van der Waals surface area contributed by atoms with Crippen LogP contribution in [0, 0.1) is 11.3 Å². The average Bonchev–Trinajstić information content (AvgIpc) is 3.04. The lowest BCUT2D eigenvalue weighted by atomic mass is 10.1. The zero-order chi connectivity index (χ0) is 18.5. The Kier molecular flexibility index (Phi) is 5.33. The quantitative estimate of drug-likeness (QED) is 0.812. The number of hydrogen-bond donors (Lipinski definition) is 1. The van der Waals surface area contributed by atoms with E-state index < -0.39 is 0 Å². The zero-order valence-electron chi connectivity index (χ0n) is 14.8. The van der Waals surface area contributed by atoms with Gasteiger partial charge in [0.05, 0.1) is 11.3 Å². The van der Waals surface area contributed by atoms with Gasteiger partial charge in [0.2, 0.25) is 5.91 Å². The van der Waals surface area contributed by atoms with E-state index in [1.807, 2.05) is 23.1 Å². The van der Waals surface area contributed by atoms with Gasteiger partial charge in [-0.2, -0.15) is 5.26 Å². The van der Waals surface area contributed by atoms with Gasteiger partial charge in [-0.25, -0.2) is 0 Å². The summed E-state index contributed by atoms with van der Waals surface area (Å²) in [6, 6.07) is 15.3. The first-order valence-corrected chi connectivity index (χ1v) is 8.71. The number of rotatable bonds is 6. The van der Waals surface area contributed by atoms with Gasteiger partial charge in [0.1, 0.15) is 6.07 Å². The van der Waals surface area contributed by atoms with Gasteiger partial charge >= 0.3 is 0 Å². The summed E-state index contributed by atoms with van der Waals surface area (Å²) in [5.74, 6) is 0.183. The number of hydrogen-bond acceptors (Lipinski definition) is 4. The minimum atomic E-state index is -0.0326. The van der Waals surface area contributed by atoms with E-state index in [2.05, 4.69) is 17.5 Å². The highest BCUT2D eigenvalue weighted by atomic mass is 16.2. The summed E-state index contributed by atoms with van der Waals surface area (Å²) in [6.07, 6.45) is 1.58. The number of ketones is 1. The standard InChI is InChI=1S/C21H21N3O2/c1-15(25)18-7-8-19(12-22)20(11-18)23-13-16-4-2-5-17(10-16)14-24-9-3-6-21(24)26/h2,4-5,7-8,10-11,23H,3,6,9,13-14H2,1H3. The van der Waals surface area contributed by atoms with Crippen molar-refractivity contribution < 1.29 is 9.59 Å². The number of benzene rings is 2. The SMILES string of the molecule is CC(=O)c1ccc(C#N)c(NCc2cccc(CN3CCCC3=O)c2)c1. The zero-order valence-corrected chi connectivity index (χ0v) is 14.8. The summed E-state index contributed by atoms with van der Waals surface area (Å²) < 4.78 is 0. The molecule has 2 aromatic carbocycles. The van der Waals surface area contributed by atoms with Crippen LogP contribution in [0.25, 0.3) is 0 Å². The summed E-state index contributed by atoms with van der Waals surface area (Å²) in [5.41, 5.74) is 3.89. The normalized spacial score (nSPS) is 13.5. The second-order valence-corrected chi connectivity index (χ2v) is 6.52. The maximum Gasteiger partial charge on any atom is 0.222 e. The molecule has 5 nitrogen and oxygen atoms in total. The van der Waals surface area contributed by atoms with E-state index in [9.17, 15) is 14.9 Å². The van der Waals surface area contributed by atoms with Crippen LogP contribution in [0.15, 0.2) is 42.5 Å². The van der Waals surface area contributed by atoms with Crippen molar-refractivity contribution >= 4 is 17.4 Å². The van der Waals surface area contributed by atoms with Gasteiger partial charge in [-0.05, 0) is 42.7 Å². The first-order valence-electron chi connectivity index (χ1n) is 8.71. The molecule has 1 amide bonds. The fraction of sp³-hybridized carbons (Fsp3) is 0.286. The van der Waals surface area contributed by atoms with E-state index >= 15 is 0 Å². The molecule has 2 aromatic rings. The second kappa shape index (κ2) is 7.83. The highest BCUT2D eigenvalue weighted by Crippen LogP contribution is 2.20. The molecule has 1 aliphatic rings. The Bertz CT molecular complexity index is 883. The lowest BCUT2D eigenvalue weighted by Gasteiger charge is -2.16. The van der Waals surface area contributed by atoms with Crippen LogP contribution in [-0.2, 0) is 17.9 Å². The molecule has 1 heterocycles. The third-order valence-electron chi connectivity index (χ3n) is 4.57. The van der Waals surface area contributed by atoms with Crippen molar-refractivity contribution in [1.29, 1.82) is 5.26 Å². The smallest absolute Gasteiger partial charge is 0.222 e. The second-order valence-electron chi connectivity index (χ2n) is 6.52. The number of carbonyl (C=O) groups is 2. The maximum atomic E-state index is 11.8. The lowest BCUT2D eigenvalue weighted by molar-refractivity contribution is -0.128. The van der Waals surface area contributed by atoms with Gasteiger partial charge in [0.15, 0.2) is 5.78 Å². The highest BCUT2D eigenvalue weighted by molar-refractivity contribution is 5.95. The van der Waals surface area contributed by atoms with Crippen LogP contribution >= 0.6 is 0 Å². The van der Waals surface area contributed by atoms with E-state index in [0.717, 1.165) is 24.1 Å². The molecule has 1 aliphatic heterocycles. The Morgan fingerprint density at radius 2 is 2.04 bits per heavy atom. The van der Waals surface area contributed by atoms with Crippen LogP contribution < -0.4 is 5.32 Å². The number of nitriles is 1. The molecular formula is C21H21N3O2. The largest absolute Gasteiger partial charge is 0.380 e. The number of carbonyl (C=O) groups excluding carboxylic acids is 2. The molecule has 1 saturated heterocycles. The number of amides is 1. The van der Waals surface area contributed by atoms with Crippen molar-refractivity contribution in [3.05, 3.63) is 64.7 Å². The Labute approximate surface area is 153 Å². The fourth-order valence-corrected chi connectivity index (χ4v) is 3.13. The van der Waals surface area contributed by atoms with Gasteiger partial charge in [-0.15, -0.1) is 0 Å². The lowest BCUT2D eigenvalue weighted by Crippen LogP contribution is -2.23. The predicted octanol–water partition coefficient (Wildman–Crippen LogP) is 3.50. The van der Waals surface area contributed by atoms with Crippen molar-refractivity contribution in [2.24, 2.45) is 0 Å². The van der Waals surface area contributed by atoms with E-state index in [-0.39, 0.29) is 11.7 Å². The minimum absolute atomic E-state index is 0.0326. The Hall–Kier alpha value is -3.13. The van der Waals surface area contributed by atoms with E-state index in [4.69, 9.17) is 0 Å². The third kappa shape index (κ3) is 4.09. The summed E-state index contributed by atoms with van der Waals surface area (Å²) >= 11 is 0. The molecule has 1 fully saturated rings. The van der Waals surface area contributed by atoms with Crippen molar-refractivity contribution in [2.75, 3.05) is 11.9 Å². The van der Waals surface area contributed by atoms with Gasteiger partial charge < -0.3 is 10.2 Å². The summed E-state index contributed by atoms with van der Waals surface area (Å²) in [5, 5.41) is 12.5. The summed E-state index contributed by atoms with van der Waals surface area (Å²) in [4.78, 5) is 25.2. The minimum Gasteiger partial charge on any atom is -0.380 e. The molecule has 3 rings (SSSR count). The van der Waals surface area contributed by atoms with Crippen LogP contribution in [0.5, 0.6) is 0 Å². The maximum absolute atomic E-state index is 11.8. The molecule has 0 unspecified atom stereocenters. The number of nitrogens with zero attached hydrogens (tertiary/aromatic N) is 2. The number of Topliss-reactive ketones (excluding diaryl/α,β-unsaturated/α-hetero) is 1. The van der Waals surface area contributed by atoms with Gasteiger partial charge in [0.25, 0.3) is 0 Å². The molecule has 0 spiro atoms. The highest BCUT2D eigenvalue weighted by Gasteiger charge is 2.19. The average molecular weight is 347 g/mol. The Morgan fingerprint density at radius 1 is 1.23 bits per heavy atom. The molecular weight excluding hydrogens is 326 g/mol. The third-order valence-corrected chi connectivity index (χ3v) is 4.57. The summed E-state index contributed by atoms with van der Waals surface area (Å²) in [6.45, 7) is 3.51. The van der Waals surface area contributed by atoms with Crippen LogP contribution in [0.3, 0.4) is 0 Å². The molecule has 0 saturated carbocycles. The van der Waals surface area contributed by atoms with Crippen molar-refractivity contribution in [3.8, 4) is 6.07 Å². The summed E-state index contributed by atoms with van der Waals surface area (Å²) in [7, 11) is 0. The van der Waals surface area contributed by atoms with Crippen LogP contribution in [0.1, 0.15) is 46.8 Å². The van der Waals surface area contributed by atoms with E-state index in [1.54, 1.807) is 18.2 Å². The molecule has 26 heavy (non-hydrogen) atoms. The molecule has 0 atom stereocenters. The first kappa shape index (κ1) is 17.7. The Balaban J connectivity index is 1.71. The van der Waals surface area contributed by atoms with E-state index in [1.165, 1.54) is 6.92 Å². The molecule has 0 bridgehead atoms. The predicted molar refractivity (Wildman–Crippen MR) is 99.6 cm³/mol. The van der Waals surface area contributed by atoms with Gasteiger partial charge in [0, 0.05) is 31.6 Å². The topological polar surface area (TPSA) is 73.2 Å². The number of anilines is 1. The molecule has 1 N–H and O–H groups in total. The monoisotopic (exact) mass is 347 g/mol. The Morgan fingerprint density at radius 3 is 2.73 bits per heavy atom. The molecule has 0 radical (unpaired) electrons. The molecule has 132 valence electrons. The molecule has 0 aromatic heterocycles. The van der Waals surface area contributed by atoms with E-state index in [0.29, 0.717) is 36.3 Å². The van der Waals surface area contributed by atoms with Crippen LogP contribution in [0.4, 0.5) is 5.69 Å². The van der Waals surface area contributed by atoms with Gasteiger partial charge in [-0.3, -0.25) is 9.59 Å². The van der Waals surface area contributed by atoms with Gasteiger partial charge in [-0.1, -0.05) is 24.3 Å². The van der Waals surface area contributed by atoms with Crippen LogP contribution in [-0.4, -0.2) is 23.1 Å². The number of nitrogens with one attached hydrogen (secondary N) is 1. The van der Waals surface area contributed by atoms with Crippen LogP contribution in [0.2, 0.25) is 0 Å². The number of likely N-dealkylation sites (tertiary alicyclic amines) is 1. The first-order chi connectivity index (χ1) is 12.6. The van der Waals surface area contributed by atoms with Crippen molar-refractivity contribution in [1.82, 2.24) is 4.90 Å². The molecule has 5 heteroatoms. The fourth-order valence-electron chi connectivity index (χ4n) is 3.13. The van der Waals surface area contributed by atoms with Crippen molar-refractivity contribution in [2.45, 2.75) is 32.9 Å². The molecule has 0 aliphatic carbocycles.